The fraction of sp³-hybridized carbons (Fsp3) is 0.600. The van der Waals surface area contributed by atoms with Crippen LogP contribution in [0.1, 0.15) is 29.5 Å². The SMILES string of the molecule is CCc1ccc(CCCCO)s1. The summed E-state index contributed by atoms with van der Waals surface area (Å²) in [5, 5.41) is 8.60. The minimum absolute atomic E-state index is 0.325. The molecule has 0 fully saturated rings. The van der Waals surface area contributed by atoms with Gasteiger partial charge in [0.05, 0.1) is 0 Å². The van der Waals surface area contributed by atoms with Gasteiger partial charge in [-0.3, -0.25) is 0 Å². The smallest absolute Gasteiger partial charge is 0.0431 e. The zero-order valence-electron chi connectivity index (χ0n) is 7.55. The van der Waals surface area contributed by atoms with Crippen molar-refractivity contribution in [3.05, 3.63) is 21.9 Å². The first-order valence-electron chi connectivity index (χ1n) is 4.55. The Morgan fingerprint density at radius 3 is 2.58 bits per heavy atom. The molecule has 68 valence electrons. The van der Waals surface area contributed by atoms with Crippen molar-refractivity contribution >= 4 is 11.3 Å². The quantitative estimate of drug-likeness (QED) is 0.697. The van der Waals surface area contributed by atoms with Crippen LogP contribution in [-0.2, 0) is 12.8 Å². The monoisotopic (exact) mass is 184 g/mol. The van der Waals surface area contributed by atoms with Crippen LogP contribution in [0.5, 0.6) is 0 Å². The van der Waals surface area contributed by atoms with E-state index in [9.17, 15) is 0 Å². The summed E-state index contributed by atoms with van der Waals surface area (Å²) >= 11 is 1.90. The van der Waals surface area contributed by atoms with E-state index in [1.807, 2.05) is 11.3 Å². The van der Waals surface area contributed by atoms with E-state index in [2.05, 4.69) is 19.1 Å². The highest BCUT2D eigenvalue weighted by Gasteiger charge is 1.97. The molecule has 0 aliphatic rings. The number of rotatable bonds is 5. The lowest BCUT2D eigenvalue weighted by atomic mass is 10.2. The molecule has 0 atom stereocenters. The molecule has 0 amide bonds. The third-order valence-corrected chi connectivity index (χ3v) is 3.19. The molecule has 0 bridgehead atoms. The first-order chi connectivity index (χ1) is 5.86. The Bertz CT molecular complexity index is 217. The Hall–Kier alpha value is -0.340. The number of aliphatic hydroxyl groups is 1. The van der Waals surface area contributed by atoms with E-state index in [-0.39, 0.29) is 0 Å². The number of unbranched alkanes of at least 4 members (excludes halogenated alkanes) is 1. The van der Waals surface area contributed by atoms with Gasteiger partial charge >= 0.3 is 0 Å². The summed E-state index contributed by atoms with van der Waals surface area (Å²) in [6, 6.07) is 4.42. The van der Waals surface area contributed by atoms with E-state index >= 15 is 0 Å². The van der Waals surface area contributed by atoms with Gasteiger partial charge in [0.15, 0.2) is 0 Å². The van der Waals surface area contributed by atoms with E-state index in [0.717, 1.165) is 25.7 Å². The van der Waals surface area contributed by atoms with Crippen LogP contribution in [0.25, 0.3) is 0 Å². The van der Waals surface area contributed by atoms with E-state index in [0.29, 0.717) is 6.61 Å². The molecule has 0 aliphatic heterocycles. The van der Waals surface area contributed by atoms with Crippen LogP contribution in [0, 0.1) is 0 Å². The molecule has 1 N–H and O–H groups in total. The van der Waals surface area contributed by atoms with Crippen LogP contribution >= 0.6 is 11.3 Å². The van der Waals surface area contributed by atoms with Crippen LogP contribution < -0.4 is 0 Å². The Morgan fingerprint density at radius 2 is 2.00 bits per heavy atom. The zero-order valence-corrected chi connectivity index (χ0v) is 8.36. The molecule has 12 heavy (non-hydrogen) atoms. The molecule has 0 saturated carbocycles. The predicted octanol–water partition coefficient (Wildman–Crippen LogP) is 2.63. The molecule has 1 aromatic heterocycles. The van der Waals surface area contributed by atoms with Crippen molar-refractivity contribution in [2.24, 2.45) is 0 Å². The Balaban J connectivity index is 2.31. The van der Waals surface area contributed by atoms with Gasteiger partial charge in [-0.25, -0.2) is 0 Å². The second kappa shape index (κ2) is 5.33. The summed E-state index contributed by atoms with van der Waals surface area (Å²) in [7, 11) is 0. The van der Waals surface area contributed by atoms with Gasteiger partial charge in [-0.2, -0.15) is 0 Å². The van der Waals surface area contributed by atoms with Gasteiger partial charge in [0, 0.05) is 16.4 Å². The minimum Gasteiger partial charge on any atom is -0.396 e. The van der Waals surface area contributed by atoms with Crippen molar-refractivity contribution in [2.75, 3.05) is 6.61 Å². The summed E-state index contributed by atoms with van der Waals surface area (Å²) < 4.78 is 0. The van der Waals surface area contributed by atoms with Crippen molar-refractivity contribution in [2.45, 2.75) is 32.6 Å². The fourth-order valence-corrected chi connectivity index (χ4v) is 2.16. The maximum absolute atomic E-state index is 8.60. The minimum atomic E-state index is 0.325. The second-order valence-electron chi connectivity index (χ2n) is 2.90. The summed E-state index contributed by atoms with van der Waals surface area (Å²) in [5.41, 5.74) is 0. The van der Waals surface area contributed by atoms with Gasteiger partial charge < -0.3 is 5.11 Å². The Morgan fingerprint density at radius 1 is 1.25 bits per heavy atom. The molecule has 1 aromatic rings. The molecule has 1 heterocycles. The number of aryl methyl sites for hydroxylation is 2. The summed E-state index contributed by atoms with van der Waals surface area (Å²) in [4.78, 5) is 2.93. The molecule has 0 aromatic carbocycles. The lowest BCUT2D eigenvalue weighted by Gasteiger charge is -1.94. The molecule has 0 radical (unpaired) electrons. The molecule has 0 spiro atoms. The van der Waals surface area contributed by atoms with Crippen molar-refractivity contribution in [3.63, 3.8) is 0 Å². The molecule has 0 unspecified atom stereocenters. The molecular weight excluding hydrogens is 168 g/mol. The number of thiophene rings is 1. The van der Waals surface area contributed by atoms with Crippen LogP contribution in [0.4, 0.5) is 0 Å². The van der Waals surface area contributed by atoms with Gasteiger partial charge in [-0.05, 0) is 37.8 Å². The summed E-state index contributed by atoms with van der Waals surface area (Å²) in [6.07, 6.45) is 4.31. The lowest BCUT2D eigenvalue weighted by Crippen LogP contribution is -1.85. The maximum atomic E-state index is 8.60. The molecule has 1 nitrogen and oxygen atoms in total. The Kier molecular flexibility index (Phi) is 4.33. The molecule has 1 rings (SSSR count). The summed E-state index contributed by atoms with van der Waals surface area (Å²) in [5.74, 6) is 0. The topological polar surface area (TPSA) is 20.2 Å². The molecule has 2 heteroatoms. The maximum Gasteiger partial charge on any atom is 0.0431 e. The third-order valence-electron chi connectivity index (χ3n) is 1.90. The van der Waals surface area contributed by atoms with Crippen LogP contribution in [0.2, 0.25) is 0 Å². The number of hydrogen-bond donors (Lipinski definition) is 1. The largest absolute Gasteiger partial charge is 0.396 e. The normalized spacial score (nSPS) is 10.5. The van der Waals surface area contributed by atoms with Gasteiger partial charge in [0.2, 0.25) is 0 Å². The van der Waals surface area contributed by atoms with Gasteiger partial charge in [-0.1, -0.05) is 6.92 Å². The van der Waals surface area contributed by atoms with Crippen molar-refractivity contribution in [1.29, 1.82) is 0 Å². The number of aliphatic hydroxyl groups excluding tert-OH is 1. The first-order valence-corrected chi connectivity index (χ1v) is 5.37. The van der Waals surface area contributed by atoms with E-state index < -0.39 is 0 Å². The highest BCUT2D eigenvalue weighted by Crippen LogP contribution is 2.18. The zero-order chi connectivity index (χ0) is 8.81. The van der Waals surface area contributed by atoms with E-state index in [4.69, 9.17) is 5.11 Å². The van der Waals surface area contributed by atoms with Gasteiger partial charge in [0.25, 0.3) is 0 Å². The van der Waals surface area contributed by atoms with E-state index in [1.54, 1.807) is 0 Å². The average molecular weight is 184 g/mol. The van der Waals surface area contributed by atoms with Crippen molar-refractivity contribution in [1.82, 2.24) is 0 Å². The fourth-order valence-electron chi connectivity index (χ4n) is 1.16. The average Bonchev–Trinajstić information content (AvgIpc) is 2.53. The van der Waals surface area contributed by atoms with Crippen molar-refractivity contribution in [3.8, 4) is 0 Å². The van der Waals surface area contributed by atoms with E-state index in [1.165, 1.54) is 9.75 Å². The lowest BCUT2D eigenvalue weighted by molar-refractivity contribution is 0.285. The summed E-state index contributed by atoms with van der Waals surface area (Å²) in [6.45, 7) is 2.51. The first kappa shape index (κ1) is 9.75. The number of hydrogen-bond acceptors (Lipinski definition) is 2. The second-order valence-corrected chi connectivity index (χ2v) is 4.16. The van der Waals surface area contributed by atoms with Crippen LogP contribution in [-0.4, -0.2) is 11.7 Å². The van der Waals surface area contributed by atoms with Gasteiger partial charge in [-0.15, -0.1) is 11.3 Å². The predicted molar refractivity (Wildman–Crippen MR) is 53.7 cm³/mol. The molecule has 0 saturated heterocycles. The molecular formula is C10H16OS. The van der Waals surface area contributed by atoms with Crippen LogP contribution in [0.15, 0.2) is 12.1 Å². The highest BCUT2D eigenvalue weighted by molar-refractivity contribution is 7.11. The standard InChI is InChI=1S/C10H16OS/c1-2-9-6-7-10(12-9)5-3-4-8-11/h6-7,11H,2-5,8H2,1H3. The third kappa shape index (κ3) is 2.95. The van der Waals surface area contributed by atoms with Gasteiger partial charge in [0.1, 0.15) is 0 Å². The Labute approximate surface area is 78.1 Å². The highest BCUT2D eigenvalue weighted by atomic mass is 32.1. The van der Waals surface area contributed by atoms with Crippen molar-refractivity contribution < 1.29 is 5.11 Å². The van der Waals surface area contributed by atoms with Crippen LogP contribution in [0.3, 0.4) is 0 Å². The molecule has 0 aliphatic carbocycles.